The monoisotopic (exact) mass is 278 g/mol. The number of aliphatic hydroxyl groups is 1. The van der Waals surface area contributed by atoms with Gasteiger partial charge in [0.15, 0.2) is 0 Å². The van der Waals surface area contributed by atoms with Crippen LogP contribution in [0.2, 0.25) is 0 Å². The third-order valence-corrected chi connectivity index (χ3v) is 3.18. The number of aliphatic hydroxyl groups excluding tert-OH is 1. The Morgan fingerprint density at radius 2 is 1.85 bits per heavy atom. The first kappa shape index (κ1) is 16.5. The minimum absolute atomic E-state index is 0.237. The highest BCUT2D eigenvalue weighted by Crippen LogP contribution is 2.08. The molecule has 0 heterocycles. The molecule has 0 aromatic heterocycles. The van der Waals surface area contributed by atoms with Crippen LogP contribution in [0, 0.1) is 5.92 Å². The highest BCUT2D eigenvalue weighted by Gasteiger charge is 2.09. The maximum atomic E-state index is 11.7. The molecule has 4 nitrogen and oxygen atoms in total. The molecule has 1 aromatic carbocycles. The molecule has 0 aliphatic heterocycles. The summed E-state index contributed by atoms with van der Waals surface area (Å²) in [5.41, 5.74) is 2.38. The molecule has 112 valence electrons. The molecular formula is C16H26N2O2. The molecule has 0 saturated heterocycles. The van der Waals surface area contributed by atoms with Crippen molar-refractivity contribution in [2.24, 2.45) is 5.92 Å². The summed E-state index contributed by atoms with van der Waals surface area (Å²) in [6.45, 7) is 6.99. The van der Waals surface area contributed by atoms with Crippen molar-refractivity contribution in [1.29, 1.82) is 0 Å². The van der Waals surface area contributed by atoms with Crippen molar-refractivity contribution in [3.8, 4) is 0 Å². The van der Waals surface area contributed by atoms with Crippen LogP contribution in [-0.4, -0.2) is 23.8 Å². The zero-order valence-electron chi connectivity index (χ0n) is 12.6. The number of benzene rings is 1. The number of hydrogen-bond donors (Lipinski definition) is 3. The molecule has 0 saturated carbocycles. The van der Waals surface area contributed by atoms with Gasteiger partial charge in [-0.3, -0.25) is 0 Å². The minimum Gasteiger partial charge on any atom is -0.391 e. The number of amides is 2. The maximum absolute atomic E-state index is 11.7. The summed E-state index contributed by atoms with van der Waals surface area (Å²) in [4.78, 5) is 11.7. The van der Waals surface area contributed by atoms with Crippen LogP contribution >= 0.6 is 0 Å². The lowest BCUT2D eigenvalue weighted by Gasteiger charge is -2.15. The zero-order valence-corrected chi connectivity index (χ0v) is 12.6. The van der Waals surface area contributed by atoms with Gasteiger partial charge >= 0.3 is 6.03 Å². The van der Waals surface area contributed by atoms with Crippen molar-refractivity contribution in [2.75, 3.05) is 6.54 Å². The van der Waals surface area contributed by atoms with E-state index < -0.39 is 6.10 Å². The predicted molar refractivity (Wildman–Crippen MR) is 81.5 cm³/mol. The van der Waals surface area contributed by atoms with Crippen molar-refractivity contribution >= 4 is 6.03 Å². The highest BCUT2D eigenvalue weighted by molar-refractivity contribution is 5.73. The number of nitrogens with one attached hydrogen (secondary N) is 2. The van der Waals surface area contributed by atoms with E-state index in [1.807, 2.05) is 32.0 Å². The molecule has 1 aromatic rings. The summed E-state index contributed by atoms with van der Waals surface area (Å²) < 4.78 is 0. The van der Waals surface area contributed by atoms with E-state index in [1.54, 1.807) is 0 Å². The Morgan fingerprint density at radius 1 is 1.20 bits per heavy atom. The van der Waals surface area contributed by atoms with Crippen LogP contribution < -0.4 is 10.6 Å². The fourth-order valence-corrected chi connectivity index (χ4v) is 2.15. The van der Waals surface area contributed by atoms with Gasteiger partial charge in [-0.05, 0) is 29.9 Å². The number of carbonyl (C=O) groups excluding carboxylic acids is 1. The number of urea groups is 1. The van der Waals surface area contributed by atoms with Crippen LogP contribution in [0.5, 0.6) is 0 Å². The molecule has 0 bridgehead atoms. The fraction of sp³-hybridized carbons (Fsp3) is 0.562. The molecule has 0 fully saturated rings. The van der Waals surface area contributed by atoms with Gasteiger partial charge in [0, 0.05) is 13.1 Å². The molecule has 1 unspecified atom stereocenters. The van der Waals surface area contributed by atoms with E-state index in [0.717, 1.165) is 12.0 Å². The first-order valence-corrected chi connectivity index (χ1v) is 7.29. The van der Waals surface area contributed by atoms with Crippen molar-refractivity contribution in [3.05, 3.63) is 35.4 Å². The van der Waals surface area contributed by atoms with E-state index in [-0.39, 0.29) is 6.03 Å². The van der Waals surface area contributed by atoms with E-state index in [0.29, 0.717) is 25.4 Å². The smallest absolute Gasteiger partial charge is 0.315 e. The third kappa shape index (κ3) is 6.06. The highest BCUT2D eigenvalue weighted by atomic mass is 16.3. The predicted octanol–water partition coefficient (Wildman–Crippen LogP) is 2.46. The Labute approximate surface area is 121 Å². The van der Waals surface area contributed by atoms with Gasteiger partial charge in [-0.2, -0.15) is 0 Å². The molecule has 2 amide bonds. The normalized spacial score (nSPS) is 12.2. The summed E-state index contributed by atoms with van der Waals surface area (Å²) in [5.74, 6) is 0.422. The Bertz CT molecular complexity index is 419. The van der Waals surface area contributed by atoms with Crippen molar-refractivity contribution < 1.29 is 9.90 Å². The maximum Gasteiger partial charge on any atom is 0.315 e. The Kier molecular flexibility index (Phi) is 7.09. The molecular weight excluding hydrogens is 252 g/mol. The lowest BCUT2D eigenvalue weighted by molar-refractivity contribution is 0.147. The quantitative estimate of drug-likeness (QED) is 0.717. The number of aryl methyl sites for hydroxylation is 1. The van der Waals surface area contributed by atoms with Gasteiger partial charge in [0.1, 0.15) is 0 Å². The standard InChI is InChI=1S/C16H26N2O2/c1-4-13-7-5-6-8-14(13)10-17-16(20)18-11-15(19)9-12(2)3/h5-8,12,15,19H,4,9-11H2,1-3H3,(H2,17,18,20). The summed E-state index contributed by atoms with van der Waals surface area (Å²) >= 11 is 0. The van der Waals surface area contributed by atoms with Gasteiger partial charge in [-0.15, -0.1) is 0 Å². The average Bonchev–Trinajstić information content (AvgIpc) is 2.42. The molecule has 0 spiro atoms. The molecule has 0 aliphatic rings. The van der Waals surface area contributed by atoms with Gasteiger partial charge in [-0.1, -0.05) is 45.0 Å². The second-order valence-corrected chi connectivity index (χ2v) is 5.47. The molecule has 0 aliphatic carbocycles. The number of rotatable bonds is 7. The van der Waals surface area contributed by atoms with Gasteiger partial charge in [-0.25, -0.2) is 4.79 Å². The summed E-state index contributed by atoms with van der Waals surface area (Å²) in [6.07, 6.45) is 1.16. The largest absolute Gasteiger partial charge is 0.391 e. The van der Waals surface area contributed by atoms with Crippen LogP contribution in [0.15, 0.2) is 24.3 Å². The molecule has 20 heavy (non-hydrogen) atoms. The Balaban J connectivity index is 2.33. The van der Waals surface area contributed by atoms with Crippen molar-refractivity contribution in [1.82, 2.24) is 10.6 Å². The van der Waals surface area contributed by atoms with Gasteiger partial charge in [0.05, 0.1) is 6.10 Å². The van der Waals surface area contributed by atoms with E-state index in [1.165, 1.54) is 5.56 Å². The summed E-state index contributed by atoms with van der Waals surface area (Å²) in [7, 11) is 0. The van der Waals surface area contributed by atoms with Crippen LogP contribution in [0.1, 0.15) is 38.3 Å². The second kappa shape index (κ2) is 8.59. The SMILES string of the molecule is CCc1ccccc1CNC(=O)NCC(O)CC(C)C. The van der Waals surface area contributed by atoms with E-state index in [2.05, 4.69) is 23.6 Å². The van der Waals surface area contributed by atoms with Gasteiger partial charge < -0.3 is 15.7 Å². The van der Waals surface area contributed by atoms with E-state index in [9.17, 15) is 9.90 Å². The van der Waals surface area contributed by atoms with Crippen LogP contribution in [0.4, 0.5) is 4.79 Å². The summed E-state index contributed by atoms with van der Waals surface area (Å²) in [5, 5.41) is 15.2. The lowest BCUT2D eigenvalue weighted by Crippen LogP contribution is -2.39. The number of hydrogen-bond acceptors (Lipinski definition) is 2. The first-order valence-electron chi connectivity index (χ1n) is 7.29. The lowest BCUT2D eigenvalue weighted by atomic mass is 10.1. The zero-order chi connectivity index (χ0) is 15.0. The third-order valence-electron chi connectivity index (χ3n) is 3.18. The number of carbonyl (C=O) groups is 1. The Morgan fingerprint density at radius 3 is 2.45 bits per heavy atom. The van der Waals surface area contributed by atoms with Crippen LogP contribution in [0.3, 0.4) is 0 Å². The molecule has 3 N–H and O–H groups in total. The topological polar surface area (TPSA) is 61.4 Å². The van der Waals surface area contributed by atoms with E-state index >= 15 is 0 Å². The average molecular weight is 278 g/mol. The van der Waals surface area contributed by atoms with Crippen LogP contribution in [0.25, 0.3) is 0 Å². The molecule has 4 heteroatoms. The molecule has 1 rings (SSSR count). The van der Waals surface area contributed by atoms with Crippen LogP contribution in [-0.2, 0) is 13.0 Å². The minimum atomic E-state index is -0.483. The second-order valence-electron chi connectivity index (χ2n) is 5.47. The van der Waals surface area contributed by atoms with Crippen molar-refractivity contribution in [3.63, 3.8) is 0 Å². The summed E-state index contributed by atoms with van der Waals surface area (Å²) in [6, 6.07) is 7.83. The first-order chi connectivity index (χ1) is 9.52. The van der Waals surface area contributed by atoms with E-state index in [4.69, 9.17) is 0 Å². The Hall–Kier alpha value is -1.55. The molecule has 0 radical (unpaired) electrons. The van der Waals surface area contributed by atoms with Gasteiger partial charge in [0.2, 0.25) is 0 Å². The van der Waals surface area contributed by atoms with Crippen molar-refractivity contribution in [2.45, 2.75) is 46.3 Å². The molecule has 1 atom stereocenters. The van der Waals surface area contributed by atoms with Gasteiger partial charge in [0.25, 0.3) is 0 Å². The fourth-order valence-electron chi connectivity index (χ4n) is 2.15.